The van der Waals surface area contributed by atoms with Gasteiger partial charge in [-0.2, -0.15) is 9.40 Å². The maximum atomic E-state index is 15.7. The Morgan fingerprint density at radius 3 is 2.00 bits per heavy atom. The van der Waals surface area contributed by atoms with Gasteiger partial charge >= 0.3 is 5.97 Å². The van der Waals surface area contributed by atoms with Gasteiger partial charge in [0.05, 0.1) is 59.1 Å². The highest BCUT2D eigenvalue weighted by Crippen LogP contribution is 2.54. The fourth-order valence-corrected chi connectivity index (χ4v) is 15.2. The number of aliphatic carboxylic acids is 1. The molecule has 0 spiro atoms. The molecule has 6 aromatic rings. The number of rotatable bonds is 24. The van der Waals surface area contributed by atoms with E-state index in [1.807, 2.05) is 61.7 Å². The van der Waals surface area contributed by atoms with E-state index in [9.17, 15) is 32.7 Å². The Balaban J connectivity index is 0.625. The fraction of sp³-hybridized carbons (Fsp3) is 0.508. The van der Waals surface area contributed by atoms with Crippen LogP contribution in [0.15, 0.2) is 91.5 Å². The number of aromatic nitrogens is 5. The number of carboxylic acids is 1. The van der Waals surface area contributed by atoms with Gasteiger partial charge in [-0.1, -0.05) is 114 Å². The first-order chi connectivity index (χ1) is 42.1. The molecule has 88 heavy (non-hydrogen) atoms. The molecule has 10 rings (SSSR count). The van der Waals surface area contributed by atoms with Crippen molar-refractivity contribution < 1.29 is 41.9 Å². The first-order valence-electron chi connectivity index (χ1n) is 30.9. The zero-order valence-electron chi connectivity index (χ0n) is 50.6. The first-order valence-corrected chi connectivity index (χ1v) is 33.3. The number of amides is 4. The third kappa shape index (κ3) is 15.0. The number of nitrogens with one attached hydrogen (secondary N) is 2. The molecule has 4 fully saturated rings. The summed E-state index contributed by atoms with van der Waals surface area (Å²) in [7, 11) is -4.03. The predicted octanol–water partition coefficient (Wildman–Crippen LogP) is 11.5. The van der Waals surface area contributed by atoms with Gasteiger partial charge in [-0.05, 0) is 91.1 Å². The number of H-pyrrole nitrogens is 1. The van der Waals surface area contributed by atoms with Crippen molar-refractivity contribution in [3.63, 3.8) is 0 Å². The largest absolute Gasteiger partial charge is 0.481 e. The monoisotopic (exact) mass is 1260 g/mol. The van der Waals surface area contributed by atoms with Crippen LogP contribution in [0.25, 0.3) is 16.9 Å². The van der Waals surface area contributed by atoms with Crippen LogP contribution >= 0.6 is 23.2 Å². The van der Waals surface area contributed by atoms with E-state index in [0.29, 0.717) is 66.4 Å². The van der Waals surface area contributed by atoms with E-state index in [4.69, 9.17) is 28.2 Å². The number of halogens is 3. The predicted molar refractivity (Wildman–Crippen MR) is 336 cm³/mol. The number of piperazine rings is 2. The van der Waals surface area contributed by atoms with E-state index in [1.54, 1.807) is 75.4 Å². The van der Waals surface area contributed by atoms with E-state index < -0.39 is 68.7 Å². The Hall–Kier alpha value is -6.94. The van der Waals surface area contributed by atoms with Crippen molar-refractivity contribution in [2.75, 3.05) is 63.4 Å². The Morgan fingerprint density at radius 2 is 1.42 bits per heavy atom. The lowest BCUT2D eigenvalue weighted by atomic mass is 9.66. The highest BCUT2D eigenvalue weighted by molar-refractivity contribution is 7.89. The van der Waals surface area contributed by atoms with Crippen LogP contribution in [0.2, 0.25) is 10.0 Å². The highest BCUT2D eigenvalue weighted by atomic mass is 35.5. The molecule has 4 atom stereocenters. The van der Waals surface area contributed by atoms with Crippen LogP contribution < -0.4 is 5.32 Å². The second-order valence-corrected chi connectivity index (χ2v) is 28.5. The van der Waals surface area contributed by atoms with Gasteiger partial charge in [0.15, 0.2) is 11.5 Å². The minimum Gasteiger partial charge on any atom is -0.481 e. The van der Waals surface area contributed by atoms with Crippen LogP contribution in [0.1, 0.15) is 163 Å². The van der Waals surface area contributed by atoms with Crippen LogP contribution in [0.4, 0.5) is 15.9 Å². The topological polar surface area (TPSA) is 227 Å². The van der Waals surface area contributed by atoms with Gasteiger partial charge in [-0.3, -0.25) is 33.5 Å². The highest BCUT2D eigenvalue weighted by Gasteiger charge is 2.55. The Bertz CT molecular complexity index is 3600. The van der Waals surface area contributed by atoms with Crippen LogP contribution in [-0.2, 0) is 29.2 Å². The summed E-state index contributed by atoms with van der Waals surface area (Å²) in [4.78, 5) is 83.9. The lowest BCUT2D eigenvalue weighted by molar-refractivity contribution is -0.162. The smallest absolute Gasteiger partial charge is 0.304 e. The SMILES string of the molecule is CC(C)(C)[C@@H](CS(=O)(=O)N1CCN(C(=O)CCCCCCCCCCC(=O)N2CCN(C(=O)c3ccc(Nc4nc(C5CC5)cn5c(-c6cn[nH]c6)cnc45)c(F)c3)CC2)CC1)N1C(=O)[C@@](C)(CC(=O)O)C[C@H](c2cccc(Cl)c2)[C@H]1c1ccc(Cl)cc1. The Labute approximate surface area is 524 Å². The zero-order chi connectivity index (χ0) is 62.5. The van der Waals surface area contributed by atoms with E-state index in [1.165, 1.54) is 10.4 Å². The first kappa shape index (κ1) is 64.1. The molecule has 1 saturated carbocycles. The maximum Gasteiger partial charge on any atom is 0.304 e. The van der Waals surface area contributed by atoms with Crippen molar-refractivity contribution in [3.8, 4) is 11.3 Å². The van der Waals surface area contributed by atoms with E-state index >= 15 is 9.18 Å². The normalized spacial score (nSPS) is 20.0. The summed E-state index contributed by atoms with van der Waals surface area (Å²) in [5.41, 5.74) is 2.92. The number of aromatic amines is 1. The number of piperidine rings is 1. The lowest BCUT2D eigenvalue weighted by Gasteiger charge is -2.54. The van der Waals surface area contributed by atoms with Crippen molar-refractivity contribution in [2.45, 2.75) is 142 Å². The minimum absolute atomic E-state index is 0.00629. The Morgan fingerprint density at radius 1 is 0.795 bits per heavy atom. The molecular weight excluding hydrogens is 1180 g/mol. The summed E-state index contributed by atoms with van der Waals surface area (Å²) in [6.07, 6.45) is 17.2. The number of benzene rings is 3. The van der Waals surface area contributed by atoms with Gasteiger partial charge in [0.2, 0.25) is 27.7 Å². The number of hydrogen-bond donors (Lipinski definition) is 3. The third-order valence-corrected chi connectivity index (χ3v) is 20.4. The zero-order valence-corrected chi connectivity index (χ0v) is 52.9. The fourth-order valence-electron chi connectivity index (χ4n) is 12.9. The van der Waals surface area contributed by atoms with Crippen LogP contribution in [0, 0.1) is 16.6 Å². The van der Waals surface area contributed by atoms with Crippen molar-refractivity contribution in [1.82, 2.24) is 48.5 Å². The number of anilines is 2. The third-order valence-electron chi connectivity index (χ3n) is 18.0. The number of imidazole rings is 1. The number of nitrogens with zero attached hydrogens (tertiary/aromatic N) is 9. The lowest BCUT2D eigenvalue weighted by Crippen LogP contribution is -2.61. The summed E-state index contributed by atoms with van der Waals surface area (Å²) in [5.74, 6) is -2.47. The molecule has 19 nitrogen and oxygen atoms in total. The van der Waals surface area contributed by atoms with Crippen LogP contribution in [-0.4, -0.2) is 156 Å². The molecule has 23 heteroatoms. The van der Waals surface area contributed by atoms with E-state index in [0.717, 1.165) is 92.3 Å². The van der Waals surface area contributed by atoms with Crippen molar-refractivity contribution in [2.24, 2.45) is 10.8 Å². The average molecular weight is 1270 g/mol. The maximum absolute atomic E-state index is 15.7. The molecule has 4 amide bonds. The van der Waals surface area contributed by atoms with Crippen molar-refractivity contribution in [3.05, 3.63) is 130 Å². The number of carbonyl (C=O) groups is 5. The summed E-state index contributed by atoms with van der Waals surface area (Å²) < 4.78 is 48.3. The molecule has 4 aliphatic rings. The molecule has 3 aromatic heterocycles. The summed E-state index contributed by atoms with van der Waals surface area (Å²) in [6, 6.07) is 17.3. The van der Waals surface area contributed by atoms with Crippen LogP contribution in [0.3, 0.4) is 0 Å². The molecule has 3 aliphatic heterocycles. The van der Waals surface area contributed by atoms with Gasteiger partial charge in [0.1, 0.15) is 5.82 Å². The van der Waals surface area contributed by atoms with E-state index in [2.05, 4.69) is 20.5 Å². The molecule has 0 radical (unpaired) electrons. The standard InChI is InChI=1S/C65H80Cl2FN11O8S/c1-64(2,3)55(79-59(44-20-23-48(66)24-21-44)50(45-14-13-15-49(67)34-45)36-65(4,63(79)85)37-58(82)83)42-88(86,87)77-32-30-75(31-33-77)57(81)17-12-10-8-6-5-7-9-11-16-56(80)74-26-28-76(29-27-74)62(84)46-22-25-52(51(68)35-46)72-60-61-69-40-54(47-38-70-71-39-47)78(61)41-53(73-60)43-18-19-43/h13-15,20-25,34-35,38-41,43,50,55,59H,5-12,16-19,26-33,36-37,42H2,1-4H3,(H,70,71)(H,72,73)(H,82,83)/t50-,55-,59-,65-/m1/s1. The summed E-state index contributed by atoms with van der Waals surface area (Å²) in [5, 5.41) is 21.2. The molecule has 470 valence electrons. The van der Waals surface area contributed by atoms with Gasteiger partial charge in [-0.15, -0.1) is 0 Å². The van der Waals surface area contributed by atoms with E-state index in [-0.39, 0.29) is 61.6 Å². The number of likely N-dealkylation sites (tertiary alicyclic amines) is 1. The summed E-state index contributed by atoms with van der Waals surface area (Å²) >= 11 is 12.9. The van der Waals surface area contributed by atoms with Gasteiger partial charge in [0, 0.05) is 111 Å². The van der Waals surface area contributed by atoms with Gasteiger partial charge in [-0.25, -0.2) is 22.8 Å². The number of hydrogen-bond acceptors (Lipinski definition) is 11. The van der Waals surface area contributed by atoms with Gasteiger partial charge in [0.25, 0.3) is 5.91 Å². The van der Waals surface area contributed by atoms with Crippen LogP contribution in [0.5, 0.6) is 0 Å². The molecular formula is C65H80Cl2FN11O8S. The number of carbonyl (C=O) groups excluding carboxylic acids is 4. The summed E-state index contributed by atoms with van der Waals surface area (Å²) in [6.45, 7) is 9.63. The molecule has 3 aromatic carbocycles. The molecule has 3 saturated heterocycles. The molecule has 3 N–H and O–H groups in total. The van der Waals surface area contributed by atoms with Crippen molar-refractivity contribution in [1.29, 1.82) is 0 Å². The Kier molecular flexibility index (Phi) is 20.0. The van der Waals surface area contributed by atoms with Gasteiger partial charge < -0.3 is 30.0 Å². The number of unbranched alkanes of at least 4 members (excludes halogenated alkanes) is 7. The second kappa shape index (κ2) is 27.4. The number of carboxylic acid groups (broad SMARTS) is 1. The number of sulfonamides is 1. The quantitative estimate of drug-likeness (QED) is 0.0481. The second-order valence-electron chi connectivity index (χ2n) is 25.6. The minimum atomic E-state index is -4.03. The molecule has 0 bridgehead atoms. The molecule has 0 unspecified atom stereocenters. The molecule has 6 heterocycles. The molecule has 1 aliphatic carbocycles. The number of fused-ring (bicyclic) bond motifs is 1. The van der Waals surface area contributed by atoms with Crippen molar-refractivity contribution >= 4 is 80.0 Å². The average Bonchev–Trinajstić information content (AvgIpc) is 0.895.